The summed E-state index contributed by atoms with van der Waals surface area (Å²) < 4.78 is 6.40. The summed E-state index contributed by atoms with van der Waals surface area (Å²) in [6.45, 7) is 2.92. The molecule has 6 heteroatoms. The Bertz CT molecular complexity index is 526. The fraction of sp³-hybridized carbons (Fsp3) is 0.429. The van der Waals surface area contributed by atoms with Crippen molar-refractivity contribution in [3.63, 3.8) is 0 Å². The number of quaternary nitrogens is 1. The third kappa shape index (κ3) is 2.59. The van der Waals surface area contributed by atoms with Gasteiger partial charge in [0, 0.05) is 3.57 Å². The maximum absolute atomic E-state index is 12.5. The smallest absolute Gasteiger partial charge is 0.292 e. The summed E-state index contributed by atoms with van der Waals surface area (Å²) in [5.41, 5.74) is 0.676. The second-order valence-corrected chi connectivity index (χ2v) is 6.32. The van der Waals surface area contributed by atoms with Crippen LogP contribution in [0.15, 0.2) is 24.3 Å². The monoisotopic (exact) mass is 387 g/mol. The van der Waals surface area contributed by atoms with Gasteiger partial charge in [0.15, 0.2) is 6.04 Å². The topological polar surface area (TPSA) is 51.1 Å². The van der Waals surface area contributed by atoms with Crippen LogP contribution in [0.25, 0.3) is 0 Å². The minimum absolute atomic E-state index is 0.0758. The summed E-state index contributed by atoms with van der Waals surface area (Å²) in [4.78, 5) is 27.2. The van der Waals surface area contributed by atoms with Crippen molar-refractivity contribution < 1.29 is 19.2 Å². The van der Waals surface area contributed by atoms with Crippen molar-refractivity contribution in [3.05, 3.63) is 27.8 Å². The first-order valence-corrected chi connectivity index (χ1v) is 7.79. The number of imide groups is 1. The van der Waals surface area contributed by atoms with Gasteiger partial charge in [0.1, 0.15) is 13.1 Å². The lowest BCUT2D eigenvalue weighted by atomic mass is 10.2. The summed E-state index contributed by atoms with van der Waals surface area (Å²) in [5, 5.41) is 0. The van der Waals surface area contributed by atoms with Gasteiger partial charge in [-0.2, -0.15) is 0 Å². The number of anilines is 1. The molecule has 0 bridgehead atoms. The van der Waals surface area contributed by atoms with E-state index in [1.807, 2.05) is 24.3 Å². The molecule has 2 fully saturated rings. The van der Waals surface area contributed by atoms with Gasteiger partial charge in [-0.05, 0) is 46.9 Å². The van der Waals surface area contributed by atoms with Gasteiger partial charge in [-0.3, -0.25) is 9.59 Å². The van der Waals surface area contributed by atoms with E-state index >= 15 is 0 Å². The van der Waals surface area contributed by atoms with E-state index in [0.717, 1.165) is 16.7 Å². The summed E-state index contributed by atoms with van der Waals surface area (Å²) in [6, 6.07) is 7.23. The Morgan fingerprint density at radius 1 is 1.15 bits per heavy atom. The van der Waals surface area contributed by atoms with Crippen molar-refractivity contribution in [2.24, 2.45) is 0 Å². The quantitative estimate of drug-likeness (QED) is 0.567. The zero-order valence-corrected chi connectivity index (χ0v) is 13.1. The second-order valence-electron chi connectivity index (χ2n) is 5.07. The molecule has 0 aromatic heterocycles. The number of nitrogens with one attached hydrogen (secondary N) is 1. The molecule has 1 aromatic carbocycles. The fourth-order valence-corrected chi connectivity index (χ4v) is 3.15. The molecular weight excluding hydrogens is 371 g/mol. The molecule has 1 atom stereocenters. The highest BCUT2D eigenvalue weighted by atomic mass is 127. The first-order chi connectivity index (χ1) is 9.66. The van der Waals surface area contributed by atoms with Crippen molar-refractivity contribution in [3.8, 4) is 0 Å². The molecule has 0 unspecified atom stereocenters. The lowest BCUT2D eigenvalue weighted by Crippen LogP contribution is -3.18. The predicted octanol–water partition coefficient (Wildman–Crippen LogP) is -0.162. The van der Waals surface area contributed by atoms with Gasteiger partial charge in [-0.1, -0.05) is 0 Å². The molecule has 0 aliphatic carbocycles. The number of hydrogen-bond acceptors (Lipinski definition) is 3. The van der Waals surface area contributed by atoms with Gasteiger partial charge in [0.2, 0.25) is 5.91 Å². The Labute approximate surface area is 131 Å². The first-order valence-electron chi connectivity index (χ1n) is 6.71. The summed E-state index contributed by atoms with van der Waals surface area (Å²) in [6.07, 6.45) is 0.306. The number of morpholine rings is 1. The zero-order valence-electron chi connectivity index (χ0n) is 11.0. The van der Waals surface area contributed by atoms with E-state index < -0.39 is 0 Å². The molecule has 2 saturated heterocycles. The van der Waals surface area contributed by atoms with Crippen LogP contribution in [0.1, 0.15) is 6.42 Å². The highest BCUT2D eigenvalue weighted by Gasteiger charge is 2.45. The highest BCUT2D eigenvalue weighted by Crippen LogP contribution is 2.22. The van der Waals surface area contributed by atoms with Gasteiger partial charge >= 0.3 is 0 Å². The van der Waals surface area contributed by atoms with Crippen LogP contribution in [0.3, 0.4) is 0 Å². The van der Waals surface area contributed by atoms with E-state index in [-0.39, 0.29) is 17.9 Å². The molecule has 0 radical (unpaired) electrons. The Morgan fingerprint density at radius 3 is 2.45 bits per heavy atom. The van der Waals surface area contributed by atoms with E-state index in [1.54, 1.807) is 0 Å². The average molecular weight is 387 g/mol. The minimum atomic E-state index is -0.245. The molecule has 2 aliphatic heterocycles. The fourth-order valence-electron chi connectivity index (χ4n) is 2.79. The summed E-state index contributed by atoms with van der Waals surface area (Å²) >= 11 is 2.20. The van der Waals surface area contributed by atoms with Crippen LogP contribution in [-0.2, 0) is 14.3 Å². The lowest BCUT2D eigenvalue weighted by Gasteiger charge is -2.27. The van der Waals surface area contributed by atoms with Crippen molar-refractivity contribution in [2.45, 2.75) is 12.5 Å². The van der Waals surface area contributed by atoms with Crippen molar-refractivity contribution in [1.82, 2.24) is 0 Å². The van der Waals surface area contributed by atoms with Crippen molar-refractivity contribution >= 4 is 40.1 Å². The highest BCUT2D eigenvalue weighted by molar-refractivity contribution is 14.1. The van der Waals surface area contributed by atoms with Gasteiger partial charge in [-0.25, -0.2) is 4.90 Å². The number of hydrogen-bond donors (Lipinski definition) is 1. The Balaban J connectivity index is 1.81. The SMILES string of the molecule is O=C1C[C@H]([NH+]2CCOCC2)C(=O)N1c1ccc(I)cc1. The Hall–Kier alpha value is -0.990. The molecule has 5 nitrogen and oxygen atoms in total. The van der Waals surface area contributed by atoms with E-state index in [4.69, 9.17) is 4.74 Å². The number of carbonyl (C=O) groups is 2. The zero-order chi connectivity index (χ0) is 14.1. The molecule has 1 aromatic rings. The van der Waals surface area contributed by atoms with Crippen LogP contribution in [0.2, 0.25) is 0 Å². The number of amides is 2. The van der Waals surface area contributed by atoms with Gasteiger partial charge < -0.3 is 9.64 Å². The number of rotatable bonds is 2. The molecular formula is C14H16IN2O3+. The van der Waals surface area contributed by atoms with Crippen molar-refractivity contribution in [1.29, 1.82) is 0 Å². The molecule has 2 heterocycles. The number of halogens is 1. The molecule has 20 heavy (non-hydrogen) atoms. The van der Waals surface area contributed by atoms with Crippen LogP contribution in [0, 0.1) is 3.57 Å². The third-order valence-electron chi connectivity index (χ3n) is 3.86. The number of ether oxygens (including phenoxy) is 1. The van der Waals surface area contributed by atoms with Crippen molar-refractivity contribution in [2.75, 3.05) is 31.2 Å². The molecule has 2 amide bonds. The maximum Gasteiger partial charge on any atom is 0.292 e. The van der Waals surface area contributed by atoms with E-state index in [9.17, 15) is 9.59 Å². The van der Waals surface area contributed by atoms with Crippen LogP contribution >= 0.6 is 22.6 Å². The Morgan fingerprint density at radius 2 is 1.80 bits per heavy atom. The number of benzene rings is 1. The predicted molar refractivity (Wildman–Crippen MR) is 81.6 cm³/mol. The molecule has 1 N–H and O–H groups in total. The van der Waals surface area contributed by atoms with Crippen LogP contribution in [0.5, 0.6) is 0 Å². The largest absolute Gasteiger partial charge is 0.370 e. The first kappa shape index (κ1) is 14.0. The maximum atomic E-state index is 12.5. The average Bonchev–Trinajstić information content (AvgIpc) is 2.76. The van der Waals surface area contributed by atoms with Gasteiger partial charge in [0.05, 0.1) is 25.3 Å². The molecule has 0 spiro atoms. The van der Waals surface area contributed by atoms with Gasteiger partial charge in [0.25, 0.3) is 5.91 Å². The normalized spacial score (nSPS) is 24.4. The number of carbonyl (C=O) groups excluding carboxylic acids is 2. The van der Waals surface area contributed by atoms with E-state index in [1.165, 1.54) is 9.80 Å². The lowest BCUT2D eigenvalue weighted by molar-refractivity contribution is -0.922. The molecule has 3 rings (SSSR count). The van der Waals surface area contributed by atoms with Crippen LogP contribution in [-0.4, -0.2) is 44.2 Å². The minimum Gasteiger partial charge on any atom is -0.370 e. The molecule has 2 aliphatic rings. The molecule has 0 saturated carbocycles. The second kappa shape index (κ2) is 5.79. The molecule has 106 valence electrons. The Kier molecular flexibility index (Phi) is 4.04. The van der Waals surface area contributed by atoms with Crippen LogP contribution < -0.4 is 9.80 Å². The van der Waals surface area contributed by atoms with Crippen LogP contribution in [0.4, 0.5) is 5.69 Å². The number of nitrogens with zero attached hydrogens (tertiary/aromatic N) is 1. The summed E-state index contributed by atoms with van der Waals surface area (Å²) in [7, 11) is 0. The van der Waals surface area contributed by atoms with Gasteiger partial charge in [-0.15, -0.1) is 0 Å². The van der Waals surface area contributed by atoms with E-state index in [2.05, 4.69) is 22.6 Å². The van der Waals surface area contributed by atoms with E-state index in [0.29, 0.717) is 25.3 Å². The summed E-state index contributed by atoms with van der Waals surface area (Å²) in [5.74, 6) is -0.173. The standard InChI is InChI=1S/C14H15IN2O3/c15-10-1-3-11(4-2-10)17-13(18)9-12(14(17)19)16-5-7-20-8-6-16/h1-4,12H,5-9H2/p+1/t12-/m0/s1. The third-order valence-corrected chi connectivity index (χ3v) is 4.58.